The van der Waals surface area contributed by atoms with Gasteiger partial charge in [0.05, 0.1) is 65.0 Å². The number of nitrogens with zero attached hydrogens (tertiary/aromatic N) is 2. The Bertz CT molecular complexity index is 1070. The molecule has 0 saturated heterocycles. The van der Waals surface area contributed by atoms with Crippen LogP contribution in [0.1, 0.15) is 53.4 Å². The molecule has 246 valence electrons. The summed E-state index contributed by atoms with van der Waals surface area (Å²) in [6, 6.07) is 2.05. The van der Waals surface area contributed by atoms with E-state index >= 15 is 0 Å². The quantitative estimate of drug-likeness (QED) is 0.0249. The molecular formula is C28H41N3O13. The van der Waals surface area contributed by atoms with Gasteiger partial charge in [-0.25, -0.2) is 19.2 Å². The summed E-state index contributed by atoms with van der Waals surface area (Å²) in [5, 5.41) is 29.2. The standard InChI is InChI=1S/C14H22N2O7.C8H10O4.C6H9NO2/c1-3-20-11(18)9-10(12(19)21-4-2)23-16-13(15)14(5-6-14)22-8-7-17;1-3-11-7(9)5-6-8(10)12-4-2;7-5-6(1-2-6)9-4-3-8/h9,17H,3-8H2,1-2H3,(H2,15,16);3-4H2,1-2H3;8H,1-4H2/b10-9+;;. The first kappa shape index (κ1) is 39.8. The topological polar surface area (TPSA) is 236 Å². The van der Waals surface area contributed by atoms with Gasteiger partial charge in [-0.3, -0.25) is 0 Å². The van der Waals surface area contributed by atoms with Crippen molar-refractivity contribution in [3.63, 3.8) is 0 Å². The molecule has 2 aliphatic carbocycles. The van der Waals surface area contributed by atoms with Crippen LogP contribution < -0.4 is 5.73 Å². The van der Waals surface area contributed by atoms with Crippen LogP contribution in [0.25, 0.3) is 0 Å². The Morgan fingerprint density at radius 1 is 0.818 bits per heavy atom. The molecule has 2 saturated carbocycles. The van der Waals surface area contributed by atoms with Crippen molar-refractivity contribution in [2.75, 3.05) is 52.9 Å². The fourth-order valence-electron chi connectivity index (χ4n) is 2.71. The van der Waals surface area contributed by atoms with Crippen molar-refractivity contribution in [2.45, 2.75) is 64.6 Å². The maximum Gasteiger partial charge on any atom is 0.384 e. The van der Waals surface area contributed by atoms with Crippen molar-refractivity contribution >= 4 is 29.7 Å². The highest BCUT2D eigenvalue weighted by Crippen LogP contribution is 2.40. The molecule has 0 spiro atoms. The Morgan fingerprint density at radius 3 is 1.73 bits per heavy atom. The number of rotatable bonds is 15. The van der Waals surface area contributed by atoms with Crippen LogP contribution in [0.15, 0.2) is 17.0 Å². The highest BCUT2D eigenvalue weighted by molar-refractivity contribution is 5.98. The molecule has 0 amide bonds. The average Bonchev–Trinajstić information content (AvgIpc) is 3.94. The highest BCUT2D eigenvalue weighted by Gasteiger charge is 2.49. The molecule has 44 heavy (non-hydrogen) atoms. The summed E-state index contributed by atoms with van der Waals surface area (Å²) >= 11 is 0. The second-order valence-electron chi connectivity index (χ2n) is 8.48. The van der Waals surface area contributed by atoms with Crippen LogP contribution in [-0.2, 0) is 52.4 Å². The van der Waals surface area contributed by atoms with Crippen LogP contribution in [0.3, 0.4) is 0 Å². The van der Waals surface area contributed by atoms with Gasteiger partial charge in [-0.2, -0.15) is 5.26 Å². The highest BCUT2D eigenvalue weighted by atomic mass is 16.7. The van der Waals surface area contributed by atoms with E-state index in [4.69, 9.17) is 45.0 Å². The van der Waals surface area contributed by atoms with E-state index in [9.17, 15) is 19.2 Å². The summed E-state index contributed by atoms with van der Waals surface area (Å²) in [6.45, 7) is 7.55. The zero-order chi connectivity index (χ0) is 33.4. The van der Waals surface area contributed by atoms with E-state index in [2.05, 4.69) is 20.7 Å². The van der Waals surface area contributed by atoms with Gasteiger partial charge in [-0.1, -0.05) is 5.16 Å². The van der Waals surface area contributed by atoms with Gasteiger partial charge in [0.2, 0.25) is 5.76 Å². The molecule has 0 aromatic carbocycles. The molecule has 4 N–H and O–H groups in total. The Morgan fingerprint density at radius 2 is 1.32 bits per heavy atom. The van der Waals surface area contributed by atoms with E-state index in [0.29, 0.717) is 12.8 Å². The number of hydrogen-bond donors (Lipinski definition) is 3. The molecule has 16 heteroatoms. The van der Waals surface area contributed by atoms with Gasteiger partial charge in [0.1, 0.15) is 5.60 Å². The van der Waals surface area contributed by atoms with Gasteiger partial charge in [0, 0.05) is 11.8 Å². The maximum absolute atomic E-state index is 11.7. The van der Waals surface area contributed by atoms with Gasteiger partial charge in [0.25, 0.3) is 0 Å². The molecule has 0 unspecified atom stereocenters. The van der Waals surface area contributed by atoms with E-state index in [1.165, 1.54) is 0 Å². The number of aliphatic hydroxyl groups is 2. The second-order valence-corrected chi connectivity index (χ2v) is 8.48. The first-order chi connectivity index (χ1) is 21.0. The number of ether oxygens (including phenoxy) is 6. The first-order valence-corrected chi connectivity index (χ1v) is 13.8. The van der Waals surface area contributed by atoms with Crippen molar-refractivity contribution in [2.24, 2.45) is 10.9 Å². The number of esters is 4. The van der Waals surface area contributed by atoms with E-state index < -0.39 is 40.8 Å². The minimum Gasteiger partial charge on any atom is -0.463 e. The molecule has 0 atom stereocenters. The lowest BCUT2D eigenvalue weighted by atomic mass is 10.3. The van der Waals surface area contributed by atoms with Gasteiger partial charge >= 0.3 is 23.9 Å². The van der Waals surface area contributed by atoms with Crippen molar-refractivity contribution in [1.29, 1.82) is 5.26 Å². The van der Waals surface area contributed by atoms with Crippen LogP contribution in [0, 0.1) is 23.2 Å². The fourth-order valence-corrected chi connectivity index (χ4v) is 2.71. The molecule has 2 fully saturated rings. The van der Waals surface area contributed by atoms with E-state index in [1.807, 2.05) is 11.8 Å². The maximum atomic E-state index is 11.7. The van der Waals surface area contributed by atoms with E-state index in [0.717, 1.165) is 18.9 Å². The minimum absolute atomic E-state index is 0.00340. The van der Waals surface area contributed by atoms with Crippen LogP contribution in [-0.4, -0.2) is 104 Å². The summed E-state index contributed by atoms with van der Waals surface area (Å²) in [6.07, 6.45) is 3.74. The Hall–Kier alpha value is -4.22. The normalized spacial score (nSPS) is 15.1. The predicted molar refractivity (Wildman–Crippen MR) is 151 cm³/mol. The lowest BCUT2D eigenvalue weighted by Crippen LogP contribution is -2.34. The summed E-state index contributed by atoms with van der Waals surface area (Å²) in [4.78, 5) is 49.2. The molecule has 0 aliphatic heterocycles. The SMILES string of the molecule is CCOC(=O)/C=C(/ON=C(N)C1(OCCO)CC1)C(=O)OCC.CCOC(=O)C#CC(=O)OCC.N#CC1(OCCO)CC1. The number of aliphatic hydroxyl groups excluding tert-OH is 2. The molecule has 0 aromatic heterocycles. The third-order valence-corrected chi connectivity index (χ3v) is 5.09. The molecule has 0 radical (unpaired) electrons. The lowest BCUT2D eigenvalue weighted by Gasteiger charge is -2.14. The predicted octanol–water partition coefficient (Wildman–Crippen LogP) is -0.00572. The number of oxime groups is 1. The number of carbonyl (C=O) groups is 4. The number of amidine groups is 1. The lowest BCUT2D eigenvalue weighted by molar-refractivity contribution is -0.144. The molecule has 0 aromatic rings. The summed E-state index contributed by atoms with van der Waals surface area (Å²) in [5.41, 5.74) is 4.49. The van der Waals surface area contributed by atoms with Crippen LogP contribution >= 0.6 is 0 Å². The van der Waals surface area contributed by atoms with Crippen LogP contribution in [0.4, 0.5) is 0 Å². The third kappa shape index (κ3) is 17.0. The summed E-state index contributed by atoms with van der Waals surface area (Å²) in [7, 11) is 0. The van der Waals surface area contributed by atoms with Gasteiger partial charge in [-0.15, -0.1) is 0 Å². The Kier molecular flexibility index (Phi) is 20.2. The van der Waals surface area contributed by atoms with Gasteiger partial charge in [0.15, 0.2) is 11.4 Å². The van der Waals surface area contributed by atoms with E-state index in [1.54, 1.807) is 27.7 Å². The molecular weight excluding hydrogens is 586 g/mol. The van der Waals surface area contributed by atoms with Crippen LogP contribution in [0.5, 0.6) is 0 Å². The van der Waals surface area contributed by atoms with Crippen molar-refractivity contribution in [3.05, 3.63) is 11.8 Å². The Balaban J connectivity index is 0.000000729. The number of hydrogen-bond acceptors (Lipinski definition) is 15. The first-order valence-electron chi connectivity index (χ1n) is 13.8. The van der Waals surface area contributed by atoms with Crippen molar-refractivity contribution in [3.8, 4) is 17.9 Å². The molecule has 16 nitrogen and oxygen atoms in total. The Labute approximate surface area is 256 Å². The largest absolute Gasteiger partial charge is 0.463 e. The molecule has 0 bridgehead atoms. The monoisotopic (exact) mass is 627 g/mol. The molecule has 2 rings (SSSR count). The molecule has 0 heterocycles. The summed E-state index contributed by atoms with van der Waals surface area (Å²) in [5.74, 6) is 0.486. The fraction of sp³-hybridized carbons (Fsp3) is 0.643. The summed E-state index contributed by atoms with van der Waals surface area (Å²) < 4.78 is 28.8. The van der Waals surface area contributed by atoms with Crippen molar-refractivity contribution in [1.82, 2.24) is 0 Å². The van der Waals surface area contributed by atoms with Gasteiger partial charge < -0.3 is 49.2 Å². The second kappa shape index (κ2) is 22.3. The number of nitrogens with two attached hydrogens (primary N) is 1. The van der Waals surface area contributed by atoms with Crippen LogP contribution in [0.2, 0.25) is 0 Å². The average molecular weight is 628 g/mol. The minimum atomic E-state index is -0.863. The van der Waals surface area contributed by atoms with Crippen molar-refractivity contribution < 1.29 is 62.6 Å². The van der Waals surface area contributed by atoms with Gasteiger partial charge in [-0.05, 0) is 53.4 Å². The smallest absolute Gasteiger partial charge is 0.384 e. The third-order valence-electron chi connectivity index (χ3n) is 5.09. The zero-order valence-electron chi connectivity index (χ0n) is 25.4. The molecule has 2 aliphatic rings. The number of nitriles is 1. The number of carbonyl (C=O) groups excluding carboxylic acids is 4. The zero-order valence-corrected chi connectivity index (χ0v) is 25.4. The van der Waals surface area contributed by atoms with E-state index in [-0.39, 0.29) is 58.7 Å².